The molecular weight excluding hydrogens is 264 g/mol. The SMILES string of the molecule is CC(O)(CNCc1cc(C#N)cs1)c1ccsc1. The number of hydrogen-bond donors (Lipinski definition) is 2. The Labute approximate surface area is 114 Å². The predicted molar refractivity (Wildman–Crippen MR) is 74.6 cm³/mol. The summed E-state index contributed by atoms with van der Waals surface area (Å²) in [7, 11) is 0. The maximum absolute atomic E-state index is 10.3. The summed E-state index contributed by atoms with van der Waals surface area (Å²) in [6.45, 7) is 2.97. The lowest BCUT2D eigenvalue weighted by atomic mass is 9.99. The van der Waals surface area contributed by atoms with Gasteiger partial charge in [0.1, 0.15) is 6.07 Å². The van der Waals surface area contributed by atoms with Crippen LogP contribution in [0.15, 0.2) is 28.3 Å². The molecule has 0 amide bonds. The van der Waals surface area contributed by atoms with Crippen molar-refractivity contribution in [3.63, 3.8) is 0 Å². The highest BCUT2D eigenvalue weighted by molar-refractivity contribution is 7.10. The first kappa shape index (κ1) is 13.2. The van der Waals surface area contributed by atoms with Crippen molar-refractivity contribution in [3.05, 3.63) is 44.3 Å². The van der Waals surface area contributed by atoms with Crippen molar-refractivity contribution in [1.29, 1.82) is 5.26 Å². The molecule has 18 heavy (non-hydrogen) atoms. The van der Waals surface area contributed by atoms with E-state index >= 15 is 0 Å². The van der Waals surface area contributed by atoms with Gasteiger partial charge in [0.2, 0.25) is 0 Å². The van der Waals surface area contributed by atoms with E-state index in [1.165, 1.54) is 0 Å². The first-order valence-electron chi connectivity index (χ1n) is 5.55. The van der Waals surface area contributed by atoms with E-state index in [1.807, 2.05) is 28.3 Å². The van der Waals surface area contributed by atoms with Crippen molar-refractivity contribution in [2.24, 2.45) is 0 Å². The summed E-state index contributed by atoms with van der Waals surface area (Å²) >= 11 is 3.14. The normalized spacial score (nSPS) is 14.1. The second-order valence-electron chi connectivity index (χ2n) is 4.30. The quantitative estimate of drug-likeness (QED) is 0.884. The highest BCUT2D eigenvalue weighted by atomic mass is 32.1. The zero-order valence-electron chi connectivity index (χ0n) is 10.0. The van der Waals surface area contributed by atoms with Crippen LogP contribution in [0.4, 0.5) is 0 Å². The van der Waals surface area contributed by atoms with Gasteiger partial charge in [-0.05, 0) is 35.4 Å². The van der Waals surface area contributed by atoms with E-state index in [2.05, 4.69) is 11.4 Å². The van der Waals surface area contributed by atoms with E-state index in [0.29, 0.717) is 18.7 Å². The number of aliphatic hydroxyl groups is 1. The van der Waals surface area contributed by atoms with Gasteiger partial charge in [-0.1, -0.05) is 0 Å². The molecule has 0 bridgehead atoms. The van der Waals surface area contributed by atoms with Crippen molar-refractivity contribution in [3.8, 4) is 6.07 Å². The number of rotatable bonds is 5. The molecule has 0 radical (unpaired) electrons. The van der Waals surface area contributed by atoms with Gasteiger partial charge in [0.25, 0.3) is 0 Å². The topological polar surface area (TPSA) is 56.0 Å². The van der Waals surface area contributed by atoms with E-state index in [4.69, 9.17) is 5.26 Å². The van der Waals surface area contributed by atoms with Crippen molar-refractivity contribution in [2.75, 3.05) is 6.54 Å². The Kier molecular flexibility index (Phi) is 4.15. The zero-order chi connectivity index (χ0) is 13.0. The number of thiophene rings is 2. The fourth-order valence-corrected chi connectivity index (χ4v) is 3.20. The number of hydrogen-bond acceptors (Lipinski definition) is 5. The van der Waals surface area contributed by atoms with Gasteiger partial charge in [-0.2, -0.15) is 16.6 Å². The monoisotopic (exact) mass is 278 g/mol. The van der Waals surface area contributed by atoms with Crippen LogP contribution in [0.1, 0.15) is 22.9 Å². The highest BCUT2D eigenvalue weighted by Gasteiger charge is 2.22. The summed E-state index contributed by atoms with van der Waals surface area (Å²) in [6, 6.07) is 5.92. The average Bonchev–Trinajstić information content (AvgIpc) is 3.00. The van der Waals surface area contributed by atoms with Crippen molar-refractivity contribution in [1.82, 2.24) is 5.32 Å². The molecule has 0 fully saturated rings. The number of nitriles is 1. The summed E-state index contributed by atoms with van der Waals surface area (Å²) in [5.74, 6) is 0. The van der Waals surface area contributed by atoms with Gasteiger partial charge < -0.3 is 10.4 Å². The van der Waals surface area contributed by atoms with E-state index in [1.54, 1.807) is 29.6 Å². The molecule has 0 aromatic carbocycles. The molecular formula is C13H14N2OS2. The van der Waals surface area contributed by atoms with Crippen LogP contribution in [0, 0.1) is 11.3 Å². The fraction of sp³-hybridized carbons (Fsp3) is 0.308. The molecule has 0 aliphatic heterocycles. The molecule has 2 aromatic heterocycles. The molecule has 2 heterocycles. The average molecular weight is 278 g/mol. The Hall–Kier alpha value is -1.19. The maximum Gasteiger partial charge on any atom is 0.100 e. The number of nitrogens with zero attached hydrogens (tertiary/aromatic N) is 1. The minimum absolute atomic E-state index is 0.490. The fourth-order valence-electron chi connectivity index (χ4n) is 1.63. The third-order valence-electron chi connectivity index (χ3n) is 2.69. The van der Waals surface area contributed by atoms with Crippen LogP contribution in [-0.2, 0) is 12.1 Å². The van der Waals surface area contributed by atoms with Gasteiger partial charge in [-0.25, -0.2) is 0 Å². The van der Waals surface area contributed by atoms with E-state index in [9.17, 15) is 5.11 Å². The van der Waals surface area contributed by atoms with Crippen LogP contribution in [-0.4, -0.2) is 11.7 Å². The third-order valence-corrected chi connectivity index (χ3v) is 4.31. The Morgan fingerprint density at radius 2 is 2.33 bits per heavy atom. The smallest absolute Gasteiger partial charge is 0.100 e. The van der Waals surface area contributed by atoms with Crippen LogP contribution in [0.5, 0.6) is 0 Å². The molecule has 3 nitrogen and oxygen atoms in total. The molecule has 1 unspecified atom stereocenters. The summed E-state index contributed by atoms with van der Waals surface area (Å²) in [6.07, 6.45) is 0. The molecule has 1 atom stereocenters. The minimum atomic E-state index is -0.852. The molecule has 0 aliphatic carbocycles. The van der Waals surface area contributed by atoms with Gasteiger partial charge in [-0.3, -0.25) is 0 Å². The van der Waals surface area contributed by atoms with Gasteiger partial charge >= 0.3 is 0 Å². The summed E-state index contributed by atoms with van der Waals surface area (Å²) < 4.78 is 0. The Bertz CT molecular complexity index is 538. The van der Waals surface area contributed by atoms with Crippen LogP contribution < -0.4 is 5.32 Å². The van der Waals surface area contributed by atoms with Crippen LogP contribution in [0.25, 0.3) is 0 Å². The minimum Gasteiger partial charge on any atom is -0.384 e. The Morgan fingerprint density at radius 1 is 1.50 bits per heavy atom. The molecule has 2 N–H and O–H groups in total. The Morgan fingerprint density at radius 3 is 2.94 bits per heavy atom. The van der Waals surface area contributed by atoms with E-state index in [0.717, 1.165) is 10.4 Å². The molecule has 5 heteroatoms. The van der Waals surface area contributed by atoms with Gasteiger partial charge in [0, 0.05) is 23.3 Å². The predicted octanol–water partition coefficient (Wildman–Crippen LogP) is 2.68. The molecule has 2 rings (SSSR count). The second kappa shape index (κ2) is 5.63. The first-order chi connectivity index (χ1) is 8.62. The summed E-state index contributed by atoms with van der Waals surface area (Å²) in [5.41, 5.74) is 0.778. The second-order valence-corrected chi connectivity index (χ2v) is 6.08. The Balaban J connectivity index is 1.87. The highest BCUT2D eigenvalue weighted by Crippen LogP contribution is 2.22. The summed E-state index contributed by atoms with van der Waals surface area (Å²) in [5, 5.41) is 28.0. The lowest BCUT2D eigenvalue weighted by Gasteiger charge is -2.22. The molecule has 0 saturated carbocycles. The van der Waals surface area contributed by atoms with Crippen molar-refractivity contribution >= 4 is 22.7 Å². The van der Waals surface area contributed by atoms with Gasteiger partial charge in [-0.15, -0.1) is 11.3 Å². The maximum atomic E-state index is 10.3. The molecule has 0 spiro atoms. The van der Waals surface area contributed by atoms with Gasteiger partial charge in [0.05, 0.1) is 11.2 Å². The molecule has 2 aromatic rings. The standard InChI is InChI=1S/C13H14N2OS2/c1-13(16,11-2-3-17-8-11)9-15-6-12-4-10(5-14)7-18-12/h2-4,7-8,15-16H,6,9H2,1H3. The van der Waals surface area contributed by atoms with Crippen molar-refractivity contribution < 1.29 is 5.11 Å². The first-order valence-corrected chi connectivity index (χ1v) is 7.37. The lowest BCUT2D eigenvalue weighted by molar-refractivity contribution is 0.0572. The summed E-state index contributed by atoms with van der Waals surface area (Å²) in [4.78, 5) is 1.10. The van der Waals surface area contributed by atoms with E-state index < -0.39 is 5.60 Å². The van der Waals surface area contributed by atoms with Crippen LogP contribution in [0.3, 0.4) is 0 Å². The van der Waals surface area contributed by atoms with Crippen molar-refractivity contribution in [2.45, 2.75) is 19.1 Å². The van der Waals surface area contributed by atoms with E-state index in [-0.39, 0.29) is 0 Å². The molecule has 0 saturated heterocycles. The lowest BCUT2D eigenvalue weighted by Crippen LogP contribution is -2.34. The van der Waals surface area contributed by atoms with Crippen LogP contribution in [0.2, 0.25) is 0 Å². The third kappa shape index (κ3) is 3.18. The largest absolute Gasteiger partial charge is 0.384 e. The molecule has 0 aliphatic rings. The zero-order valence-corrected chi connectivity index (χ0v) is 11.6. The number of nitrogens with one attached hydrogen (secondary N) is 1. The van der Waals surface area contributed by atoms with Crippen LogP contribution >= 0.6 is 22.7 Å². The van der Waals surface area contributed by atoms with Gasteiger partial charge in [0.15, 0.2) is 0 Å². The molecule has 94 valence electrons.